The Hall–Kier alpha value is -2.25. The molecule has 0 spiro atoms. The second kappa shape index (κ2) is 5.63. The highest BCUT2D eigenvalue weighted by Crippen LogP contribution is 2.38. The summed E-state index contributed by atoms with van der Waals surface area (Å²) in [6.45, 7) is 0.0106. The van der Waals surface area contributed by atoms with Gasteiger partial charge in [-0.05, 0) is 24.1 Å². The van der Waals surface area contributed by atoms with E-state index in [0.717, 1.165) is 12.1 Å². The highest BCUT2D eigenvalue weighted by atomic mass is 19.4. The zero-order valence-corrected chi connectivity index (χ0v) is 10.7. The normalized spacial score (nSPS) is 20.7. The highest BCUT2D eigenvalue weighted by Gasteiger charge is 2.48. The van der Waals surface area contributed by atoms with Crippen LogP contribution in [0.4, 0.5) is 13.2 Å². The van der Waals surface area contributed by atoms with E-state index >= 15 is 0 Å². The first-order chi connectivity index (χ1) is 9.76. The number of ether oxygens (including phenoxy) is 1. The summed E-state index contributed by atoms with van der Waals surface area (Å²) in [5, 5.41) is 11.2. The molecule has 0 aliphatic heterocycles. The van der Waals surface area contributed by atoms with Crippen molar-refractivity contribution in [2.24, 2.45) is 11.8 Å². The summed E-state index contributed by atoms with van der Waals surface area (Å²) in [5.74, 6) is -3.02. The van der Waals surface area contributed by atoms with E-state index in [0.29, 0.717) is 12.0 Å². The maximum Gasteiger partial charge on any atom is 0.573 e. The van der Waals surface area contributed by atoms with Gasteiger partial charge in [-0.2, -0.15) is 0 Å². The minimum Gasteiger partial charge on any atom is -0.481 e. The Labute approximate surface area is 117 Å². The molecule has 1 amide bonds. The number of carboxylic acid groups (broad SMARTS) is 1. The third kappa shape index (κ3) is 4.37. The lowest BCUT2D eigenvalue weighted by Crippen LogP contribution is -2.26. The highest BCUT2D eigenvalue weighted by molar-refractivity contribution is 5.89. The molecule has 1 aliphatic rings. The zero-order chi connectivity index (χ0) is 15.6. The standard InChI is InChI=1S/C13H12F3NO4/c14-13(15,16)21-8-3-1-2-7(4-8)6-17-11(18)9-5-10(9)12(19)20/h1-4,9-10H,5-6H2,(H,17,18)(H,19,20)/t9-,10+/m1/s1. The molecule has 2 rings (SSSR count). The van der Waals surface area contributed by atoms with Gasteiger partial charge in [-0.1, -0.05) is 12.1 Å². The van der Waals surface area contributed by atoms with Crippen molar-refractivity contribution in [1.82, 2.24) is 5.32 Å². The van der Waals surface area contributed by atoms with Crippen LogP contribution in [0.25, 0.3) is 0 Å². The predicted molar refractivity (Wildman–Crippen MR) is 64.2 cm³/mol. The second-order valence-electron chi connectivity index (χ2n) is 4.70. The third-order valence-electron chi connectivity index (χ3n) is 3.04. The maximum atomic E-state index is 12.1. The quantitative estimate of drug-likeness (QED) is 0.871. The van der Waals surface area contributed by atoms with Crippen LogP contribution in [-0.2, 0) is 16.1 Å². The predicted octanol–water partition coefficient (Wildman–Crippen LogP) is 1.92. The van der Waals surface area contributed by atoms with Crippen LogP contribution in [-0.4, -0.2) is 23.3 Å². The summed E-state index contributed by atoms with van der Waals surface area (Å²) in [6, 6.07) is 5.22. The van der Waals surface area contributed by atoms with Gasteiger partial charge in [0.05, 0.1) is 11.8 Å². The van der Waals surface area contributed by atoms with Gasteiger partial charge in [-0.25, -0.2) is 0 Å². The number of halogens is 3. The SMILES string of the molecule is O=C(O)[C@H]1C[C@H]1C(=O)NCc1cccc(OC(F)(F)F)c1. The van der Waals surface area contributed by atoms with E-state index in [1.54, 1.807) is 0 Å². The number of aliphatic carboxylic acids is 1. The van der Waals surface area contributed by atoms with Crippen molar-refractivity contribution in [2.45, 2.75) is 19.3 Å². The van der Waals surface area contributed by atoms with E-state index in [1.165, 1.54) is 12.1 Å². The summed E-state index contributed by atoms with van der Waals surface area (Å²) in [7, 11) is 0. The van der Waals surface area contributed by atoms with E-state index < -0.39 is 30.1 Å². The van der Waals surface area contributed by atoms with Crippen LogP contribution in [0.5, 0.6) is 5.75 Å². The molecule has 0 saturated heterocycles. The van der Waals surface area contributed by atoms with E-state index in [-0.39, 0.29) is 12.3 Å². The van der Waals surface area contributed by atoms with E-state index in [1.807, 2.05) is 0 Å². The number of carbonyl (C=O) groups is 2. The number of alkyl halides is 3. The maximum absolute atomic E-state index is 12.1. The van der Waals surface area contributed by atoms with Crippen LogP contribution in [0.2, 0.25) is 0 Å². The molecule has 0 heterocycles. The third-order valence-corrected chi connectivity index (χ3v) is 3.04. The summed E-state index contributed by atoms with van der Waals surface area (Å²) in [6.07, 6.45) is -4.48. The van der Waals surface area contributed by atoms with E-state index in [4.69, 9.17) is 5.11 Å². The van der Waals surface area contributed by atoms with Gasteiger partial charge >= 0.3 is 12.3 Å². The lowest BCUT2D eigenvalue weighted by atomic mass is 10.2. The minimum absolute atomic E-state index is 0.0106. The lowest BCUT2D eigenvalue weighted by molar-refractivity contribution is -0.274. The average molecular weight is 303 g/mol. The first kappa shape index (κ1) is 15.1. The molecule has 8 heteroatoms. The number of hydrogen-bond donors (Lipinski definition) is 2. The lowest BCUT2D eigenvalue weighted by Gasteiger charge is -2.10. The molecule has 2 atom stereocenters. The average Bonchev–Trinajstić information content (AvgIpc) is 3.14. The van der Waals surface area contributed by atoms with E-state index in [9.17, 15) is 22.8 Å². The molecule has 1 aromatic carbocycles. The first-order valence-electron chi connectivity index (χ1n) is 6.11. The van der Waals surface area contributed by atoms with Gasteiger partial charge in [0.15, 0.2) is 0 Å². The Morgan fingerprint density at radius 1 is 1.33 bits per heavy atom. The van der Waals surface area contributed by atoms with Gasteiger partial charge in [-0.3, -0.25) is 9.59 Å². The molecule has 0 bridgehead atoms. The van der Waals surface area contributed by atoms with Crippen molar-refractivity contribution < 1.29 is 32.6 Å². The summed E-state index contributed by atoms with van der Waals surface area (Å²) in [4.78, 5) is 22.2. The van der Waals surface area contributed by atoms with Gasteiger partial charge in [-0.15, -0.1) is 13.2 Å². The van der Waals surface area contributed by atoms with Gasteiger partial charge in [0, 0.05) is 6.54 Å². The van der Waals surface area contributed by atoms with Crippen molar-refractivity contribution in [3.05, 3.63) is 29.8 Å². The Kier molecular flexibility index (Phi) is 4.06. The Morgan fingerprint density at radius 2 is 2.05 bits per heavy atom. The van der Waals surface area contributed by atoms with Gasteiger partial charge in [0.1, 0.15) is 5.75 Å². The number of carboxylic acids is 1. The largest absolute Gasteiger partial charge is 0.573 e. The molecule has 0 aromatic heterocycles. The topological polar surface area (TPSA) is 75.6 Å². The molecule has 0 radical (unpaired) electrons. The smallest absolute Gasteiger partial charge is 0.481 e. The Morgan fingerprint density at radius 3 is 2.62 bits per heavy atom. The van der Waals surface area contributed by atoms with Crippen LogP contribution in [0.15, 0.2) is 24.3 Å². The zero-order valence-electron chi connectivity index (χ0n) is 10.7. The number of rotatable bonds is 5. The van der Waals surface area contributed by atoms with E-state index in [2.05, 4.69) is 10.1 Å². The van der Waals surface area contributed by atoms with Gasteiger partial charge in [0.2, 0.25) is 5.91 Å². The van der Waals surface area contributed by atoms with Crippen molar-refractivity contribution in [2.75, 3.05) is 0 Å². The monoisotopic (exact) mass is 303 g/mol. The molecule has 2 N–H and O–H groups in total. The number of amides is 1. The molecule has 1 fully saturated rings. The summed E-state index contributed by atoms with van der Waals surface area (Å²) in [5.41, 5.74) is 0.428. The molecule has 1 saturated carbocycles. The fourth-order valence-electron chi connectivity index (χ4n) is 1.93. The molecular weight excluding hydrogens is 291 g/mol. The Bertz CT molecular complexity index is 559. The minimum atomic E-state index is -4.77. The van der Waals surface area contributed by atoms with Crippen LogP contribution in [0, 0.1) is 11.8 Å². The second-order valence-corrected chi connectivity index (χ2v) is 4.70. The summed E-state index contributed by atoms with van der Waals surface area (Å²) < 4.78 is 40.0. The van der Waals surface area contributed by atoms with Gasteiger partial charge in [0.25, 0.3) is 0 Å². The number of hydrogen-bond acceptors (Lipinski definition) is 3. The van der Waals surface area contributed by atoms with Gasteiger partial charge < -0.3 is 15.2 Å². The Balaban J connectivity index is 1.88. The number of carbonyl (C=O) groups excluding carboxylic acids is 1. The first-order valence-corrected chi connectivity index (χ1v) is 6.11. The molecule has 114 valence electrons. The molecule has 5 nitrogen and oxygen atoms in total. The fraction of sp³-hybridized carbons (Fsp3) is 0.385. The van der Waals surface area contributed by atoms with Crippen LogP contribution >= 0.6 is 0 Å². The number of benzene rings is 1. The molecule has 21 heavy (non-hydrogen) atoms. The molecule has 1 aromatic rings. The molecule has 1 aliphatic carbocycles. The van der Waals surface area contributed by atoms with Crippen LogP contribution in [0.1, 0.15) is 12.0 Å². The van der Waals surface area contributed by atoms with Crippen LogP contribution in [0.3, 0.4) is 0 Å². The molecular formula is C13H12F3NO4. The van der Waals surface area contributed by atoms with Crippen molar-refractivity contribution in [3.63, 3.8) is 0 Å². The summed E-state index contributed by atoms with van der Waals surface area (Å²) >= 11 is 0. The van der Waals surface area contributed by atoms with Crippen molar-refractivity contribution >= 4 is 11.9 Å². The van der Waals surface area contributed by atoms with Crippen LogP contribution < -0.4 is 10.1 Å². The van der Waals surface area contributed by atoms with Crippen molar-refractivity contribution in [3.8, 4) is 5.75 Å². The number of nitrogens with one attached hydrogen (secondary N) is 1. The fourth-order valence-corrected chi connectivity index (χ4v) is 1.93. The molecule has 0 unspecified atom stereocenters. The van der Waals surface area contributed by atoms with Crippen molar-refractivity contribution in [1.29, 1.82) is 0 Å².